The van der Waals surface area contributed by atoms with Gasteiger partial charge in [0, 0.05) is 0 Å². The Balaban J connectivity index is 2.18. The highest BCUT2D eigenvalue weighted by atomic mass is 79.9. The molecule has 106 valence electrons. The van der Waals surface area contributed by atoms with E-state index < -0.39 is 0 Å². The molecule has 0 spiro atoms. The van der Waals surface area contributed by atoms with Crippen LogP contribution in [0.4, 0.5) is 0 Å². The largest absolute Gasteiger partial charge is 0.389 e. The highest BCUT2D eigenvalue weighted by Crippen LogP contribution is 2.11. The van der Waals surface area contributed by atoms with E-state index in [1.807, 2.05) is 30.4 Å². The average molecular weight is 326 g/mol. The second-order valence-electron chi connectivity index (χ2n) is 4.87. The van der Waals surface area contributed by atoms with Crippen LogP contribution in [0.5, 0.6) is 0 Å². The molecule has 0 aromatic carbocycles. The van der Waals surface area contributed by atoms with E-state index in [0.717, 1.165) is 23.1 Å². The molecule has 1 atom stereocenters. The first kappa shape index (κ1) is 16.4. The number of rotatable bonds is 9. The average Bonchev–Trinajstić information content (AvgIpc) is 2.40. The summed E-state index contributed by atoms with van der Waals surface area (Å²) in [6.45, 7) is 2.23. The first-order valence-corrected chi connectivity index (χ1v) is 8.00. The summed E-state index contributed by atoms with van der Waals surface area (Å²) in [5, 5.41) is 9.86. The SMILES string of the molecule is CCCCCCCC[C@H](O)/C=C/c1cccc(Br)n1. The van der Waals surface area contributed by atoms with E-state index in [4.69, 9.17) is 0 Å². The fourth-order valence-electron chi connectivity index (χ4n) is 1.96. The van der Waals surface area contributed by atoms with Gasteiger partial charge in [0.25, 0.3) is 0 Å². The van der Waals surface area contributed by atoms with Crippen molar-refractivity contribution in [2.75, 3.05) is 0 Å². The quantitative estimate of drug-likeness (QED) is 0.513. The summed E-state index contributed by atoms with van der Waals surface area (Å²) in [5.74, 6) is 0. The van der Waals surface area contributed by atoms with Gasteiger partial charge in [-0.2, -0.15) is 0 Å². The lowest BCUT2D eigenvalue weighted by Crippen LogP contribution is -2.01. The number of halogens is 1. The molecule has 1 N–H and O–H groups in total. The molecule has 0 unspecified atom stereocenters. The fraction of sp³-hybridized carbons (Fsp3) is 0.562. The third-order valence-corrected chi connectivity index (χ3v) is 3.52. The Kier molecular flexibility index (Phi) is 8.76. The molecular weight excluding hydrogens is 302 g/mol. The summed E-state index contributed by atoms with van der Waals surface area (Å²) in [4.78, 5) is 4.29. The van der Waals surface area contributed by atoms with Gasteiger partial charge in [-0.3, -0.25) is 0 Å². The highest BCUT2D eigenvalue weighted by molar-refractivity contribution is 9.10. The van der Waals surface area contributed by atoms with Crippen molar-refractivity contribution in [2.24, 2.45) is 0 Å². The predicted molar refractivity (Wildman–Crippen MR) is 85.0 cm³/mol. The number of aliphatic hydroxyl groups excluding tert-OH is 1. The first-order valence-electron chi connectivity index (χ1n) is 7.21. The lowest BCUT2D eigenvalue weighted by molar-refractivity contribution is 0.208. The second kappa shape index (κ2) is 10.2. The smallest absolute Gasteiger partial charge is 0.106 e. The maximum absolute atomic E-state index is 9.86. The molecular formula is C16H24BrNO. The molecule has 0 amide bonds. The van der Waals surface area contributed by atoms with Crippen LogP contribution >= 0.6 is 15.9 Å². The van der Waals surface area contributed by atoms with Crippen LogP contribution in [0.15, 0.2) is 28.9 Å². The monoisotopic (exact) mass is 325 g/mol. The molecule has 3 heteroatoms. The maximum atomic E-state index is 9.86. The molecule has 0 aliphatic carbocycles. The molecule has 0 bridgehead atoms. The number of aromatic nitrogens is 1. The molecule has 1 rings (SSSR count). The van der Waals surface area contributed by atoms with Gasteiger partial charge in [-0.25, -0.2) is 4.98 Å². The summed E-state index contributed by atoms with van der Waals surface area (Å²) < 4.78 is 0.820. The van der Waals surface area contributed by atoms with E-state index in [2.05, 4.69) is 27.8 Å². The number of pyridine rings is 1. The fourth-order valence-corrected chi connectivity index (χ4v) is 2.31. The van der Waals surface area contributed by atoms with Crippen molar-refractivity contribution in [2.45, 2.75) is 58.0 Å². The third kappa shape index (κ3) is 8.17. The maximum Gasteiger partial charge on any atom is 0.106 e. The number of hydrogen-bond acceptors (Lipinski definition) is 2. The Morgan fingerprint density at radius 1 is 1.21 bits per heavy atom. The van der Waals surface area contributed by atoms with Crippen LogP contribution in [0.2, 0.25) is 0 Å². The summed E-state index contributed by atoms with van der Waals surface area (Å²) in [5.41, 5.74) is 0.872. The van der Waals surface area contributed by atoms with E-state index in [1.54, 1.807) is 0 Å². The summed E-state index contributed by atoms with van der Waals surface area (Å²) >= 11 is 3.33. The minimum absolute atomic E-state index is 0.355. The molecule has 2 nitrogen and oxygen atoms in total. The van der Waals surface area contributed by atoms with E-state index in [0.29, 0.717) is 0 Å². The van der Waals surface area contributed by atoms with Crippen molar-refractivity contribution in [3.63, 3.8) is 0 Å². The lowest BCUT2D eigenvalue weighted by Gasteiger charge is -2.05. The van der Waals surface area contributed by atoms with Crippen LogP contribution < -0.4 is 0 Å². The van der Waals surface area contributed by atoms with Crippen molar-refractivity contribution in [1.82, 2.24) is 4.98 Å². The zero-order valence-electron chi connectivity index (χ0n) is 11.7. The van der Waals surface area contributed by atoms with E-state index in [9.17, 15) is 5.11 Å². The zero-order valence-corrected chi connectivity index (χ0v) is 13.3. The topological polar surface area (TPSA) is 33.1 Å². The summed E-state index contributed by atoms with van der Waals surface area (Å²) in [6.07, 6.45) is 11.8. The van der Waals surface area contributed by atoms with E-state index in [1.165, 1.54) is 32.1 Å². The molecule has 1 aromatic heterocycles. The van der Waals surface area contributed by atoms with Gasteiger partial charge < -0.3 is 5.11 Å². The Morgan fingerprint density at radius 3 is 2.68 bits per heavy atom. The highest BCUT2D eigenvalue weighted by Gasteiger charge is 1.99. The minimum atomic E-state index is -0.355. The molecule has 0 fully saturated rings. The van der Waals surface area contributed by atoms with Crippen molar-refractivity contribution in [3.05, 3.63) is 34.6 Å². The van der Waals surface area contributed by atoms with Gasteiger partial charge in [-0.15, -0.1) is 0 Å². The van der Waals surface area contributed by atoms with Gasteiger partial charge in [0.1, 0.15) is 4.60 Å². The normalized spacial score (nSPS) is 13.0. The van der Waals surface area contributed by atoms with Crippen molar-refractivity contribution < 1.29 is 5.11 Å². The second-order valence-corrected chi connectivity index (χ2v) is 5.68. The van der Waals surface area contributed by atoms with Gasteiger partial charge in [0.05, 0.1) is 11.8 Å². The van der Waals surface area contributed by atoms with Crippen molar-refractivity contribution in [3.8, 4) is 0 Å². The van der Waals surface area contributed by atoms with Crippen LogP contribution in [0.25, 0.3) is 6.08 Å². The van der Waals surface area contributed by atoms with Gasteiger partial charge >= 0.3 is 0 Å². The van der Waals surface area contributed by atoms with Crippen LogP contribution in [-0.2, 0) is 0 Å². The zero-order chi connectivity index (χ0) is 13.9. The van der Waals surface area contributed by atoms with Crippen LogP contribution in [0.1, 0.15) is 57.6 Å². The van der Waals surface area contributed by atoms with Crippen LogP contribution in [-0.4, -0.2) is 16.2 Å². The molecule has 19 heavy (non-hydrogen) atoms. The van der Waals surface area contributed by atoms with Gasteiger partial charge in [0.2, 0.25) is 0 Å². The number of nitrogens with zero attached hydrogens (tertiary/aromatic N) is 1. The Labute approximate surface area is 125 Å². The third-order valence-electron chi connectivity index (χ3n) is 3.08. The molecule has 0 aliphatic heterocycles. The Morgan fingerprint density at radius 2 is 1.95 bits per heavy atom. The van der Waals surface area contributed by atoms with Crippen LogP contribution in [0.3, 0.4) is 0 Å². The summed E-state index contributed by atoms with van der Waals surface area (Å²) in [6, 6.07) is 5.76. The van der Waals surface area contributed by atoms with Crippen molar-refractivity contribution >= 4 is 22.0 Å². The molecule has 0 saturated heterocycles. The number of unbranched alkanes of at least 4 members (excludes halogenated alkanes) is 5. The summed E-state index contributed by atoms with van der Waals surface area (Å²) in [7, 11) is 0. The van der Waals surface area contributed by atoms with E-state index >= 15 is 0 Å². The van der Waals surface area contributed by atoms with Gasteiger partial charge in [-0.1, -0.05) is 57.6 Å². The van der Waals surface area contributed by atoms with Crippen LogP contribution in [0, 0.1) is 0 Å². The molecule has 0 radical (unpaired) electrons. The number of hydrogen-bond donors (Lipinski definition) is 1. The molecule has 0 saturated carbocycles. The minimum Gasteiger partial charge on any atom is -0.389 e. The Hall–Kier alpha value is -0.670. The molecule has 1 heterocycles. The molecule has 0 aliphatic rings. The van der Waals surface area contributed by atoms with Crippen molar-refractivity contribution in [1.29, 1.82) is 0 Å². The Bertz CT molecular complexity index is 379. The lowest BCUT2D eigenvalue weighted by atomic mass is 10.1. The molecule has 1 aromatic rings. The standard InChI is InChI=1S/C16H24BrNO/c1-2-3-4-5-6-7-10-15(19)13-12-14-9-8-11-16(17)18-14/h8-9,11-13,15,19H,2-7,10H2,1H3/b13-12+/t15-/m0/s1. The van der Waals surface area contributed by atoms with Gasteiger partial charge in [-0.05, 0) is 40.6 Å². The number of aliphatic hydroxyl groups is 1. The van der Waals surface area contributed by atoms with Gasteiger partial charge in [0.15, 0.2) is 0 Å². The van der Waals surface area contributed by atoms with E-state index in [-0.39, 0.29) is 6.10 Å². The first-order chi connectivity index (χ1) is 9.22. The predicted octanol–water partition coefficient (Wildman–Crippen LogP) is 4.97.